The number of anilines is 2. The first-order valence-corrected chi connectivity index (χ1v) is 7.38. The maximum atomic E-state index is 5.29. The van der Waals surface area contributed by atoms with Crippen molar-refractivity contribution < 1.29 is 9.47 Å². The van der Waals surface area contributed by atoms with Gasteiger partial charge in [0, 0.05) is 21.9 Å². The van der Waals surface area contributed by atoms with Crippen LogP contribution in [0.4, 0.5) is 11.4 Å². The fourth-order valence-electron chi connectivity index (χ4n) is 1.74. The Bertz CT molecular complexity index is 632. The second-order valence-corrected chi connectivity index (χ2v) is 5.48. The second kappa shape index (κ2) is 7.28. The number of hydrogen-bond donors (Lipinski definition) is 2. The molecule has 0 radical (unpaired) electrons. The number of rotatable bonds is 4. The molecule has 21 heavy (non-hydrogen) atoms. The Labute approximate surface area is 137 Å². The molecular weight excluding hydrogens is 352 g/mol. The number of hydrogen-bond acceptors (Lipinski definition) is 3. The topological polar surface area (TPSA) is 42.5 Å². The molecule has 0 atom stereocenters. The molecule has 6 heteroatoms. The van der Waals surface area contributed by atoms with Crippen molar-refractivity contribution in [1.82, 2.24) is 0 Å². The van der Waals surface area contributed by atoms with Crippen molar-refractivity contribution >= 4 is 44.6 Å². The Morgan fingerprint density at radius 1 is 0.905 bits per heavy atom. The van der Waals surface area contributed by atoms with Gasteiger partial charge in [0.25, 0.3) is 0 Å². The highest BCUT2D eigenvalue weighted by Gasteiger charge is 2.05. The number of nitrogens with one attached hydrogen (secondary N) is 2. The van der Waals surface area contributed by atoms with Crippen LogP contribution in [-0.4, -0.2) is 19.3 Å². The van der Waals surface area contributed by atoms with Crippen molar-refractivity contribution in [1.29, 1.82) is 0 Å². The lowest BCUT2D eigenvalue weighted by Gasteiger charge is -2.13. The van der Waals surface area contributed by atoms with Gasteiger partial charge in [0.15, 0.2) is 16.6 Å². The smallest absolute Gasteiger partial charge is 0.175 e. The average Bonchev–Trinajstić information content (AvgIpc) is 2.49. The quantitative estimate of drug-likeness (QED) is 0.790. The Balaban J connectivity index is 2.04. The highest BCUT2D eigenvalue weighted by Crippen LogP contribution is 2.29. The molecule has 4 nitrogen and oxygen atoms in total. The van der Waals surface area contributed by atoms with Crippen LogP contribution in [0.25, 0.3) is 0 Å². The van der Waals surface area contributed by atoms with Crippen LogP contribution in [0.1, 0.15) is 0 Å². The number of methoxy groups -OCH3 is 2. The first kappa shape index (κ1) is 15.6. The molecule has 0 aliphatic heterocycles. The lowest BCUT2D eigenvalue weighted by molar-refractivity contribution is 0.355. The molecule has 0 fully saturated rings. The molecule has 0 aliphatic carbocycles. The van der Waals surface area contributed by atoms with Crippen molar-refractivity contribution in [2.24, 2.45) is 0 Å². The molecule has 2 aromatic carbocycles. The molecular formula is C15H15BrN2O2S. The van der Waals surface area contributed by atoms with E-state index in [4.69, 9.17) is 21.7 Å². The molecule has 2 N–H and O–H groups in total. The molecule has 0 amide bonds. The third-order valence-corrected chi connectivity index (χ3v) is 3.48. The van der Waals surface area contributed by atoms with Crippen molar-refractivity contribution in [3.8, 4) is 11.5 Å². The number of ether oxygens (including phenoxy) is 2. The summed E-state index contributed by atoms with van der Waals surface area (Å²) in [5.41, 5.74) is 1.73. The number of benzene rings is 2. The lowest BCUT2D eigenvalue weighted by atomic mass is 10.3. The highest BCUT2D eigenvalue weighted by atomic mass is 79.9. The van der Waals surface area contributed by atoms with E-state index in [2.05, 4.69) is 26.6 Å². The molecule has 2 rings (SSSR count). The average molecular weight is 367 g/mol. The Morgan fingerprint density at radius 2 is 1.48 bits per heavy atom. The zero-order valence-corrected chi connectivity index (χ0v) is 14.0. The molecule has 0 aliphatic rings. The van der Waals surface area contributed by atoms with Crippen molar-refractivity contribution in [3.05, 3.63) is 46.9 Å². The van der Waals surface area contributed by atoms with Gasteiger partial charge < -0.3 is 20.1 Å². The van der Waals surface area contributed by atoms with E-state index in [-0.39, 0.29) is 0 Å². The molecule has 0 bridgehead atoms. The molecule has 0 spiro atoms. The minimum Gasteiger partial charge on any atom is -0.493 e. The van der Waals surface area contributed by atoms with E-state index < -0.39 is 0 Å². The number of halogens is 1. The van der Waals surface area contributed by atoms with Gasteiger partial charge in [-0.25, -0.2) is 0 Å². The first-order valence-electron chi connectivity index (χ1n) is 6.18. The van der Waals surface area contributed by atoms with Gasteiger partial charge in [-0.15, -0.1) is 0 Å². The zero-order valence-electron chi connectivity index (χ0n) is 11.6. The summed E-state index contributed by atoms with van der Waals surface area (Å²) in [6.45, 7) is 0. The van der Waals surface area contributed by atoms with Crippen LogP contribution in [-0.2, 0) is 0 Å². The molecule has 0 aromatic heterocycles. The first-order chi connectivity index (χ1) is 10.1. The van der Waals surface area contributed by atoms with Gasteiger partial charge in [-0.3, -0.25) is 0 Å². The molecule has 2 aromatic rings. The van der Waals surface area contributed by atoms with Crippen molar-refractivity contribution in [2.75, 3.05) is 24.9 Å². The zero-order chi connectivity index (χ0) is 15.2. The van der Waals surface area contributed by atoms with Crippen LogP contribution >= 0.6 is 28.1 Å². The summed E-state index contributed by atoms with van der Waals surface area (Å²) in [4.78, 5) is 0. The van der Waals surface area contributed by atoms with Gasteiger partial charge in [-0.05, 0) is 48.6 Å². The predicted octanol–water partition coefficient (Wildman–Crippen LogP) is 4.28. The van der Waals surface area contributed by atoms with E-state index >= 15 is 0 Å². The summed E-state index contributed by atoms with van der Waals surface area (Å²) in [5, 5.41) is 6.72. The Kier molecular flexibility index (Phi) is 5.41. The van der Waals surface area contributed by atoms with Gasteiger partial charge in [0.05, 0.1) is 14.2 Å². The van der Waals surface area contributed by atoms with Crippen LogP contribution < -0.4 is 20.1 Å². The second-order valence-electron chi connectivity index (χ2n) is 4.16. The van der Waals surface area contributed by atoms with E-state index in [1.54, 1.807) is 14.2 Å². The molecule has 0 heterocycles. The monoisotopic (exact) mass is 366 g/mol. The summed E-state index contributed by atoms with van der Waals surface area (Å²) in [5.74, 6) is 1.32. The van der Waals surface area contributed by atoms with E-state index in [9.17, 15) is 0 Å². The van der Waals surface area contributed by atoms with E-state index in [0.29, 0.717) is 16.6 Å². The van der Waals surface area contributed by atoms with E-state index in [1.807, 2.05) is 42.5 Å². The van der Waals surface area contributed by atoms with Crippen LogP contribution in [0, 0.1) is 0 Å². The summed E-state index contributed by atoms with van der Waals surface area (Å²) in [6.07, 6.45) is 0. The SMILES string of the molecule is COc1ccc(NC(=S)Nc2ccc(Br)cc2)cc1OC. The van der Waals surface area contributed by atoms with Crippen LogP contribution in [0.3, 0.4) is 0 Å². The molecule has 0 saturated heterocycles. The Morgan fingerprint density at radius 3 is 2.10 bits per heavy atom. The van der Waals surface area contributed by atoms with Gasteiger partial charge in [0.1, 0.15) is 0 Å². The Hall–Kier alpha value is -1.79. The van der Waals surface area contributed by atoms with Crippen LogP contribution in [0.2, 0.25) is 0 Å². The predicted molar refractivity (Wildman–Crippen MR) is 93.5 cm³/mol. The molecule has 0 unspecified atom stereocenters. The van der Waals surface area contributed by atoms with Gasteiger partial charge in [0.2, 0.25) is 0 Å². The standard InChI is InChI=1S/C15H15BrN2O2S/c1-19-13-8-7-12(9-14(13)20-2)18-15(21)17-11-5-3-10(16)4-6-11/h3-9H,1-2H3,(H2,17,18,21). The minimum atomic E-state index is 0.504. The largest absolute Gasteiger partial charge is 0.493 e. The van der Waals surface area contributed by atoms with Gasteiger partial charge >= 0.3 is 0 Å². The van der Waals surface area contributed by atoms with Crippen molar-refractivity contribution in [2.45, 2.75) is 0 Å². The highest BCUT2D eigenvalue weighted by molar-refractivity contribution is 9.10. The summed E-state index contributed by atoms with van der Waals surface area (Å²) in [7, 11) is 3.20. The normalized spacial score (nSPS) is 9.86. The fraction of sp³-hybridized carbons (Fsp3) is 0.133. The maximum Gasteiger partial charge on any atom is 0.175 e. The summed E-state index contributed by atoms with van der Waals surface area (Å²) < 4.78 is 11.5. The van der Waals surface area contributed by atoms with Crippen LogP contribution in [0.5, 0.6) is 11.5 Å². The molecule has 110 valence electrons. The molecule has 0 saturated carbocycles. The van der Waals surface area contributed by atoms with Gasteiger partial charge in [-0.1, -0.05) is 15.9 Å². The number of thiocarbonyl (C=S) groups is 1. The van der Waals surface area contributed by atoms with Crippen molar-refractivity contribution in [3.63, 3.8) is 0 Å². The minimum absolute atomic E-state index is 0.504. The summed E-state index contributed by atoms with van der Waals surface area (Å²) in [6, 6.07) is 13.3. The van der Waals surface area contributed by atoms with E-state index in [0.717, 1.165) is 15.8 Å². The maximum absolute atomic E-state index is 5.29. The van der Waals surface area contributed by atoms with Crippen LogP contribution in [0.15, 0.2) is 46.9 Å². The van der Waals surface area contributed by atoms with Gasteiger partial charge in [-0.2, -0.15) is 0 Å². The summed E-state index contributed by atoms with van der Waals surface area (Å²) >= 11 is 8.68. The third kappa shape index (κ3) is 4.34. The van der Waals surface area contributed by atoms with E-state index in [1.165, 1.54) is 0 Å². The fourth-order valence-corrected chi connectivity index (χ4v) is 2.24. The third-order valence-electron chi connectivity index (χ3n) is 2.74. The lowest BCUT2D eigenvalue weighted by Crippen LogP contribution is -2.19.